The Morgan fingerprint density at radius 2 is 1.83 bits per heavy atom. The van der Waals surface area contributed by atoms with Crippen molar-refractivity contribution in [3.8, 4) is 17.0 Å². The molecule has 4 aromatic rings. The number of anilines is 2. The number of pyridine rings is 1. The van der Waals surface area contributed by atoms with Crippen molar-refractivity contribution in [3.05, 3.63) is 72.4 Å². The fraction of sp³-hybridized carbons (Fsp3) is 0.130. The van der Waals surface area contributed by atoms with Gasteiger partial charge in [0.05, 0.1) is 5.52 Å². The number of carbonyl (C=O) groups excluding carboxylic acids is 1. The molecule has 0 aliphatic rings. The molecular formula is C23H22N4O2. The van der Waals surface area contributed by atoms with Gasteiger partial charge < -0.3 is 19.9 Å². The van der Waals surface area contributed by atoms with E-state index in [1.165, 1.54) is 0 Å². The molecule has 2 aromatic carbocycles. The Hall–Kier alpha value is -3.80. The summed E-state index contributed by atoms with van der Waals surface area (Å²) >= 11 is 0. The van der Waals surface area contributed by atoms with Gasteiger partial charge in [-0.15, -0.1) is 0 Å². The largest absolute Gasteiger partial charge is 0.508 e. The zero-order valence-corrected chi connectivity index (χ0v) is 16.5. The highest BCUT2D eigenvalue weighted by molar-refractivity contribution is 5.97. The Kier molecular flexibility index (Phi) is 4.68. The molecule has 2 N–H and O–H groups in total. The van der Waals surface area contributed by atoms with Crippen molar-refractivity contribution in [2.75, 3.05) is 19.4 Å². The molecule has 146 valence electrons. The number of rotatable bonds is 4. The molecule has 29 heavy (non-hydrogen) atoms. The van der Waals surface area contributed by atoms with E-state index in [9.17, 15) is 9.90 Å². The monoisotopic (exact) mass is 386 g/mol. The third-order valence-electron chi connectivity index (χ3n) is 4.91. The summed E-state index contributed by atoms with van der Waals surface area (Å²) < 4.78 is 2.10. The van der Waals surface area contributed by atoms with Crippen LogP contribution in [0.5, 0.6) is 5.75 Å². The first-order valence-corrected chi connectivity index (χ1v) is 9.26. The van der Waals surface area contributed by atoms with Gasteiger partial charge >= 0.3 is 0 Å². The van der Waals surface area contributed by atoms with Crippen LogP contribution in [-0.2, 0) is 7.05 Å². The highest BCUT2D eigenvalue weighted by Gasteiger charge is 2.13. The summed E-state index contributed by atoms with van der Waals surface area (Å²) in [6, 6.07) is 18.6. The molecule has 0 aliphatic heterocycles. The number of nitrogens with zero attached hydrogens (tertiary/aromatic N) is 3. The molecule has 0 saturated heterocycles. The Bertz CT molecular complexity index is 1190. The van der Waals surface area contributed by atoms with Crippen LogP contribution in [0.1, 0.15) is 10.4 Å². The first kappa shape index (κ1) is 18.6. The lowest BCUT2D eigenvalue weighted by atomic mass is 10.1. The zero-order valence-electron chi connectivity index (χ0n) is 16.5. The number of aryl methyl sites for hydroxylation is 1. The van der Waals surface area contributed by atoms with E-state index >= 15 is 0 Å². The maximum Gasteiger partial charge on any atom is 0.253 e. The lowest BCUT2D eigenvalue weighted by Crippen LogP contribution is -2.21. The van der Waals surface area contributed by atoms with Crippen molar-refractivity contribution in [1.29, 1.82) is 0 Å². The number of hydrogen-bond acceptors (Lipinski definition) is 4. The van der Waals surface area contributed by atoms with Crippen molar-refractivity contribution in [2.45, 2.75) is 0 Å². The second-order valence-corrected chi connectivity index (χ2v) is 7.13. The molecule has 6 nitrogen and oxygen atoms in total. The highest BCUT2D eigenvalue weighted by Crippen LogP contribution is 2.32. The number of aromatic hydroxyl groups is 1. The molecule has 0 bridgehead atoms. The number of amides is 1. The smallest absolute Gasteiger partial charge is 0.253 e. The van der Waals surface area contributed by atoms with Crippen molar-refractivity contribution in [1.82, 2.24) is 14.5 Å². The van der Waals surface area contributed by atoms with Gasteiger partial charge in [0.2, 0.25) is 0 Å². The fourth-order valence-electron chi connectivity index (χ4n) is 3.40. The number of hydrogen-bond donors (Lipinski definition) is 2. The Labute approximate surface area is 169 Å². The summed E-state index contributed by atoms with van der Waals surface area (Å²) in [5, 5.41) is 14.0. The first-order valence-electron chi connectivity index (χ1n) is 9.26. The Balaban J connectivity index is 1.73. The predicted octanol–water partition coefficient (Wildman–Crippen LogP) is 4.39. The molecule has 0 unspecified atom stereocenters. The van der Waals surface area contributed by atoms with Crippen LogP contribution >= 0.6 is 0 Å². The molecule has 1 amide bonds. The maximum atomic E-state index is 12.1. The lowest BCUT2D eigenvalue weighted by Gasteiger charge is -2.11. The first-order chi connectivity index (χ1) is 13.9. The minimum absolute atomic E-state index is 0.0182. The van der Waals surface area contributed by atoms with Gasteiger partial charge in [-0.05, 0) is 42.0 Å². The van der Waals surface area contributed by atoms with Crippen molar-refractivity contribution in [3.63, 3.8) is 0 Å². The summed E-state index contributed by atoms with van der Waals surface area (Å²) in [4.78, 5) is 18.2. The van der Waals surface area contributed by atoms with E-state index in [1.807, 2.05) is 43.4 Å². The number of aromatic nitrogens is 2. The van der Waals surface area contributed by atoms with Gasteiger partial charge in [0.1, 0.15) is 11.6 Å². The minimum Gasteiger partial charge on any atom is -0.508 e. The summed E-state index contributed by atoms with van der Waals surface area (Å²) in [6.07, 6.45) is 1.76. The zero-order chi connectivity index (χ0) is 20.5. The number of fused-ring (bicyclic) bond motifs is 1. The molecule has 4 rings (SSSR count). The summed E-state index contributed by atoms with van der Waals surface area (Å²) in [5.74, 6) is 0.896. The van der Waals surface area contributed by atoms with Gasteiger partial charge in [-0.1, -0.05) is 18.2 Å². The molecule has 6 heteroatoms. The van der Waals surface area contributed by atoms with E-state index < -0.39 is 0 Å². The summed E-state index contributed by atoms with van der Waals surface area (Å²) in [5.41, 5.74) is 4.50. The molecule has 2 aromatic heterocycles. The molecule has 0 saturated carbocycles. The van der Waals surface area contributed by atoms with Crippen LogP contribution in [0.25, 0.3) is 22.2 Å². The normalized spacial score (nSPS) is 10.9. The molecule has 0 spiro atoms. The second kappa shape index (κ2) is 7.31. The van der Waals surface area contributed by atoms with Crippen LogP contribution in [0.3, 0.4) is 0 Å². The molecule has 0 atom stereocenters. The number of phenolic OH excluding ortho intramolecular Hbond substituents is 1. The Morgan fingerprint density at radius 3 is 2.52 bits per heavy atom. The van der Waals surface area contributed by atoms with E-state index in [-0.39, 0.29) is 11.7 Å². The quantitative estimate of drug-likeness (QED) is 0.546. The summed E-state index contributed by atoms with van der Waals surface area (Å²) in [6.45, 7) is 0. The lowest BCUT2D eigenvalue weighted by molar-refractivity contribution is 0.0827. The van der Waals surface area contributed by atoms with E-state index in [0.29, 0.717) is 11.4 Å². The van der Waals surface area contributed by atoms with Crippen LogP contribution < -0.4 is 5.32 Å². The average Bonchev–Trinajstić information content (AvgIpc) is 3.05. The van der Waals surface area contributed by atoms with Crippen molar-refractivity contribution in [2.24, 2.45) is 7.05 Å². The average molecular weight is 386 g/mol. The number of carbonyl (C=O) groups is 1. The maximum absolute atomic E-state index is 12.1. The van der Waals surface area contributed by atoms with Crippen LogP contribution in [-0.4, -0.2) is 39.6 Å². The van der Waals surface area contributed by atoms with Gasteiger partial charge in [-0.3, -0.25) is 4.79 Å². The molecule has 0 radical (unpaired) electrons. The second-order valence-electron chi connectivity index (χ2n) is 7.13. The molecule has 0 fully saturated rings. The summed E-state index contributed by atoms with van der Waals surface area (Å²) in [7, 11) is 5.50. The van der Waals surface area contributed by atoms with Gasteiger partial charge in [-0.2, -0.15) is 0 Å². The molecule has 2 heterocycles. The van der Waals surface area contributed by atoms with Gasteiger partial charge in [0.15, 0.2) is 0 Å². The number of nitrogens with one attached hydrogen (secondary N) is 1. The van der Waals surface area contributed by atoms with Crippen LogP contribution in [0, 0.1) is 0 Å². The van der Waals surface area contributed by atoms with Crippen LogP contribution in [0.15, 0.2) is 66.9 Å². The standard InChI is InChI=1S/C23H22N4O2/c1-26(2)23(29)16-9-7-15(8-10-16)21-14-19-20(27(21)3)11-12-24-22(19)25-17-5-4-6-18(28)13-17/h4-14,28H,1-3H3,(H,24,25). The van der Waals surface area contributed by atoms with E-state index in [4.69, 9.17) is 0 Å². The van der Waals surface area contributed by atoms with Crippen molar-refractivity contribution < 1.29 is 9.90 Å². The number of phenols is 1. The SMILES string of the molecule is CN(C)C(=O)c1ccc(-c2cc3c(Nc4cccc(O)c4)nccc3n2C)cc1. The topological polar surface area (TPSA) is 70.4 Å². The minimum atomic E-state index is -0.0182. The predicted molar refractivity (Wildman–Crippen MR) is 116 cm³/mol. The Morgan fingerprint density at radius 1 is 1.07 bits per heavy atom. The number of benzene rings is 2. The van der Waals surface area contributed by atoms with E-state index in [2.05, 4.69) is 20.9 Å². The van der Waals surface area contributed by atoms with E-state index in [1.54, 1.807) is 43.4 Å². The van der Waals surface area contributed by atoms with Gasteiger partial charge in [-0.25, -0.2) is 4.98 Å². The third kappa shape index (κ3) is 3.52. The van der Waals surface area contributed by atoms with E-state index in [0.717, 1.165) is 27.8 Å². The van der Waals surface area contributed by atoms with Gasteiger partial charge in [0.25, 0.3) is 5.91 Å². The molecule has 0 aliphatic carbocycles. The fourth-order valence-corrected chi connectivity index (χ4v) is 3.40. The molecular weight excluding hydrogens is 364 g/mol. The highest BCUT2D eigenvalue weighted by atomic mass is 16.3. The van der Waals surface area contributed by atoms with Crippen molar-refractivity contribution >= 4 is 28.3 Å². The third-order valence-corrected chi connectivity index (χ3v) is 4.91. The van der Waals surface area contributed by atoms with Crippen LogP contribution in [0.2, 0.25) is 0 Å². The van der Waals surface area contributed by atoms with Gasteiger partial charge in [0, 0.05) is 55.7 Å². The van der Waals surface area contributed by atoms with Crippen LogP contribution in [0.4, 0.5) is 11.5 Å².